The van der Waals surface area contributed by atoms with Gasteiger partial charge in [0.2, 0.25) is 6.16 Å². The van der Waals surface area contributed by atoms with Crippen molar-refractivity contribution >= 4 is 30.8 Å². The highest BCUT2D eigenvalue weighted by atomic mass is 31.1. The van der Waals surface area contributed by atoms with E-state index >= 15 is 0 Å². The molecule has 31 heavy (non-hydrogen) atoms. The SMILES string of the molecule is Cc1cc2ccccc2c(-c2ccc(F)cc2)c1/C=C/CO[P+](=O)CC(O)CC(=O)O. The number of hydrogen-bond acceptors (Lipinski definition) is 4. The molecule has 0 aromatic heterocycles. The maximum atomic E-state index is 13.5. The summed E-state index contributed by atoms with van der Waals surface area (Å²) in [4.78, 5) is 10.6. The van der Waals surface area contributed by atoms with Crippen molar-refractivity contribution in [2.75, 3.05) is 12.8 Å². The third-order valence-electron chi connectivity index (χ3n) is 4.80. The number of aliphatic hydroxyl groups excluding tert-OH is 1. The summed E-state index contributed by atoms with van der Waals surface area (Å²) in [6.45, 7) is 2.03. The smallest absolute Gasteiger partial charge is 0.481 e. The zero-order valence-corrected chi connectivity index (χ0v) is 17.9. The predicted octanol–water partition coefficient (Wildman–Crippen LogP) is 5.56. The van der Waals surface area contributed by atoms with E-state index in [4.69, 9.17) is 9.63 Å². The molecular weight excluding hydrogens is 418 g/mol. The summed E-state index contributed by atoms with van der Waals surface area (Å²) >= 11 is 0. The number of benzene rings is 3. The largest absolute Gasteiger partial charge is 0.511 e. The molecule has 2 N–H and O–H groups in total. The average molecular weight is 441 g/mol. The molecule has 0 aliphatic carbocycles. The molecule has 2 unspecified atom stereocenters. The fraction of sp³-hybridized carbons (Fsp3) is 0.208. The first-order valence-corrected chi connectivity index (χ1v) is 11.1. The number of carboxylic acids is 1. The van der Waals surface area contributed by atoms with Crippen LogP contribution in [-0.2, 0) is 13.9 Å². The minimum Gasteiger partial charge on any atom is -0.481 e. The van der Waals surface area contributed by atoms with Crippen molar-refractivity contribution < 1.29 is 28.5 Å². The lowest BCUT2D eigenvalue weighted by Crippen LogP contribution is -2.15. The third-order valence-corrected chi connectivity index (χ3v) is 5.96. The van der Waals surface area contributed by atoms with Crippen LogP contribution < -0.4 is 0 Å². The van der Waals surface area contributed by atoms with Crippen LogP contribution in [0.25, 0.3) is 28.0 Å². The van der Waals surface area contributed by atoms with E-state index in [0.29, 0.717) is 0 Å². The zero-order valence-electron chi connectivity index (χ0n) is 17.0. The lowest BCUT2D eigenvalue weighted by Gasteiger charge is -2.14. The van der Waals surface area contributed by atoms with Gasteiger partial charge in [0.25, 0.3) is 0 Å². The first-order valence-electron chi connectivity index (χ1n) is 9.77. The summed E-state index contributed by atoms with van der Waals surface area (Å²) in [6, 6.07) is 16.4. The molecule has 160 valence electrons. The Balaban J connectivity index is 1.84. The number of halogens is 1. The summed E-state index contributed by atoms with van der Waals surface area (Å²) in [6.07, 6.45) is 1.68. The first kappa shape index (κ1) is 22.8. The van der Waals surface area contributed by atoms with Crippen LogP contribution in [0, 0.1) is 12.7 Å². The topological polar surface area (TPSA) is 83.8 Å². The molecule has 3 rings (SSSR count). The van der Waals surface area contributed by atoms with Gasteiger partial charge in [-0.1, -0.05) is 54.6 Å². The molecule has 7 heteroatoms. The van der Waals surface area contributed by atoms with Crippen LogP contribution in [0.5, 0.6) is 0 Å². The monoisotopic (exact) mass is 441 g/mol. The van der Waals surface area contributed by atoms with Gasteiger partial charge < -0.3 is 10.2 Å². The quantitative estimate of drug-likeness (QED) is 0.425. The van der Waals surface area contributed by atoms with Gasteiger partial charge in [0, 0.05) is 0 Å². The van der Waals surface area contributed by atoms with E-state index in [0.717, 1.165) is 33.0 Å². The Morgan fingerprint density at radius 2 is 1.90 bits per heavy atom. The maximum absolute atomic E-state index is 13.5. The molecule has 2 atom stereocenters. The third kappa shape index (κ3) is 6.05. The molecule has 5 nitrogen and oxygen atoms in total. The van der Waals surface area contributed by atoms with Gasteiger partial charge in [0.15, 0.2) is 0 Å². The van der Waals surface area contributed by atoms with Crippen molar-refractivity contribution in [2.45, 2.75) is 19.4 Å². The van der Waals surface area contributed by atoms with Crippen LogP contribution >= 0.6 is 8.03 Å². The van der Waals surface area contributed by atoms with E-state index in [-0.39, 0.29) is 18.6 Å². The Morgan fingerprint density at radius 3 is 2.61 bits per heavy atom. The van der Waals surface area contributed by atoms with E-state index in [1.54, 1.807) is 18.2 Å². The number of aryl methyl sites for hydroxylation is 1. The van der Waals surface area contributed by atoms with Crippen LogP contribution in [0.4, 0.5) is 4.39 Å². The lowest BCUT2D eigenvalue weighted by atomic mass is 9.90. The first-order chi connectivity index (χ1) is 14.8. The molecule has 3 aromatic carbocycles. The second-order valence-electron chi connectivity index (χ2n) is 7.18. The van der Waals surface area contributed by atoms with Crippen molar-refractivity contribution in [3.63, 3.8) is 0 Å². The molecule has 0 fully saturated rings. The highest BCUT2D eigenvalue weighted by Crippen LogP contribution is 2.35. The number of carboxylic acid groups (broad SMARTS) is 1. The van der Waals surface area contributed by atoms with Gasteiger partial charge in [-0.3, -0.25) is 4.79 Å². The van der Waals surface area contributed by atoms with E-state index < -0.39 is 26.5 Å². The van der Waals surface area contributed by atoms with Crippen LogP contribution in [0.2, 0.25) is 0 Å². The minimum atomic E-state index is -2.18. The summed E-state index contributed by atoms with van der Waals surface area (Å²) < 4.78 is 30.6. The Labute approximate surface area is 180 Å². The number of rotatable bonds is 9. The van der Waals surface area contributed by atoms with Gasteiger partial charge in [0.1, 0.15) is 18.5 Å². The molecule has 0 heterocycles. The Hall–Kier alpha value is -2.92. The maximum Gasteiger partial charge on any atom is 0.511 e. The second kappa shape index (κ2) is 10.4. The standard InChI is InChI=1S/C24H22FO5P/c1-16-13-18-5-2-3-6-22(18)24(17-8-10-19(25)11-9-17)21(16)7-4-12-30-31(29)15-20(26)14-23(27)28/h2-11,13,20,26H,12,14-15H2,1H3/p+1/b7-4+. The van der Waals surface area contributed by atoms with Crippen molar-refractivity contribution in [2.24, 2.45) is 0 Å². The van der Waals surface area contributed by atoms with Crippen LogP contribution in [0.1, 0.15) is 17.5 Å². The summed E-state index contributed by atoms with van der Waals surface area (Å²) in [5.41, 5.74) is 3.81. The number of aliphatic carboxylic acids is 1. The average Bonchev–Trinajstić information content (AvgIpc) is 2.71. The molecule has 0 aliphatic rings. The van der Waals surface area contributed by atoms with E-state index in [1.807, 2.05) is 37.3 Å². The minimum absolute atomic E-state index is 0.0458. The van der Waals surface area contributed by atoms with Crippen LogP contribution in [0.3, 0.4) is 0 Å². The van der Waals surface area contributed by atoms with Crippen molar-refractivity contribution in [1.82, 2.24) is 0 Å². The number of aliphatic hydroxyl groups is 1. The summed E-state index contributed by atoms with van der Waals surface area (Å²) in [5, 5.41) is 20.3. The molecule has 0 bridgehead atoms. The fourth-order valence-electron chi connectivity index (χ4n) is 3.43. The normalized spacial score (nSPS) is 12.9. The zero-order chi connectivity index (χ0) is 22.4. The van der Waals surface area contributed by atoms with E-state index in [2.05, 4.69) is 6.07 Å². The van der Waals surface area contributed by atoms with Gasteiger partial charge in [-0.15, -0.1) is 4.52 Å². The Bertz CT molecular complexity index is 1120. The number of fused-ring (bicyclic) bond motifs is 1. The molecule has 0 amide bonds. The van der Waals surface area contributed by atoms with Gasteiger partial charge in [-0.2, -0.15) is 0 Å². The molecule has 0 spiro atoms. The van der Waals surface area contributed by atoms with Crippen LogP contribution in [0.15, 0.2) is 60.7 Å². The summed E-state index contributed by atoms with van der Waals surface area (Å²) in [7, 11) is -2.18. The van der Waals surface area contributed by atoms with Crippen molar-refractivity contribution in [3.8, 4) is 11.1 Å². The van der Waals surface area contributed by atoms with Gasteiger partial charge in [0.05, 0.1) is 6.42 Å². The molecule has 0 radical (unpaired) electrons. The lowest BCUT2D eigenvalue weighted by molar-refractivity contribution is -0.138. The van der Waals surface area contributed by atoms with Gasteiger partial charge in [-0.05, 0) is 56.6 Å². The fourth-order valence-corrected chi connectivity index (χ4v) is 4.26. The van der Waals surface area contributed by atoms with Gasteiger partial charge in [-0.25, -0.2) is 4.39 Å². The Morgan fingerprint density at radius 1 is 1.19 bits per heavy atom. The van der Waals surface area contributed by atoms with Crippen LogP contribution in [-0.4, -0.2) is 35.1 Å². The number of carbonyl (C=O) groups is 1. The number of hydrogen-bond donors (Lipinski definition) is 2. The van der Waals surface area contributed by atoms with Gasteiger partial charge >= 0.3 is 14.0 Å². The molecule has 0 saturated carbocycles. The highest BCUT2D eigenvalue weighted by Gasteiger charge is 2.24. The summed E-state index contributed by atoms with van der Waals surface area (Å²) in [5.74, 6) is -1.46. The predicted molar refractivity (Wildman–Crippen MR) is 120 cm³/mol. The molecule has 0 aliphatic heterocycles. The van der Waals surface area contributed by atoms with E-state index in [1.165, 1.54) is 12.1 Å². The molecular formula is C24H23FO5P+. The molecule has 3 aromatic rings. The van der Waals surface area contributed by atoms with E-state index in [9.17, 15) is 18.9 Å². The van der Waals surface area contributed by atoms with Crippen molar-refractivity contribution in [1.29, 1.82) is 0 Å². The highest BCUT2D eigenvalue weighted by molar-refractivity contribution is 7.39. The second-order valence-corrected chi connectivity index (χ2v) is 8.46. The Kier molecular flexibility index (Phi) is 7.64. The molecule has 0 saturated heterocycles. The van der Waals surface area contributed by atoms with Crippen molar-refractivity contribution in [3.05, 3.63) is 77.6 Å².